The molecule has 0 radical (unpaired) electrons. The fourth-order valence-electron chi connectivity index (χ4n) is 2.84. The molecule has 1 aromatic heterocycles. The zero-order valence-electron chi connectivity index (χ0n) is 11.1. The molecular formula is C18H11BrFN. The highest BCUT2D eigenvalue weighted by Gasteiger charge is 2.18. The molecule has 2 aromatic carbocycles. The lowest BCUT2D eigenvalue weighted by atomic mass is 10.0. The van der Waals surface area contributed by atoms with E-state index < -0.39 is 0 Å². The topological polar surface area (TPSA) is 12.9 Å². The summed E-state index contributed by atoms with van der Waals surface area (Å²) in [7, 11) is 0. The van der Waals surface area contributed by atoms with Gasteiger partial charge in [-0.15, -0.1) is 0 Å². The molecule has 0 saturated heterocycles. The molecule has 1 aliphatic carbocycles. The predicted molar refractivity (Wildman–Crippen MR) is 86.6 cm³/mol. The van der Waals surface area contributed by atoms with Gasteiger partial charge in [0.05, 0.1) is 11.2 Å². The molecule has 0 fully saturated rings. The lowest BCUT2D eigenvalue weighted by molar-refractivity contribution is 0.639. The third-order valence-electron chi connectivity index (χ3n) is 3.87. The molecule has 1 heterocycles. The zero-order valence-corrected chi connectivity index (χ0v) is 12.7. The van der Waals surface area contributed by atoms with Gasteiger partial charge in [-0.05, 0) is 47.9 Å². The largest absolute Gasteiger partial charge is 0.248 e. The van der Waals surface area contributed by atoms with Crippen LogP contribution in [-0.2, 0) is 6.42 Å². The van der Waals surface area contributed by atoms with E-state index in [4.69, 9.17) is 0 Å². The molecule has 0 atom stereocenters. The highest BCUT2D eigenvalue weighted by molar-refractivity contribution is 9.10. The number of rotatable bonds is 1. The van der Waals surface area contributed by atoms with Crippen molar-refractivity contribution in [3.63, 3.8) is 0 Å². The predicted octanol–water partition coefficient (Wildman–Crippen LogP) is 5.12. The molecule has 0 saturated carbocycles. The van der Waals surface area contributed by atoms with Crippen molar-refractivity contribution in [2.75, 3.05) is 0 Å². The SMILES string of the molecule is Fc1cccc2nc(C3=CCc4c(Br)cccc43)ccc12. The molecule has 0 aliphatic heterocycles. The first-order chi connectivity index (χ1) is 10.2. The number of halogens is 2. The average Bonchev–Trinajstić information content (AvgIpc) is 2.92. The van der Waals surface area contributed by atoms with Gasteiger partial charge in [0.25, 0.3) is 0 Å². The Morgan fingerprint density at radius 3 is 2.76 bits per heavy atom. The Kier molecular flexibility index (Phi) is 2.89. The van der Waals surface area contributed by atoms with Crippen LogP contribution in [0.4, 0.5) is 4.39 Å². The number of pyridine rings is 1. The van der Waals surface area contributed by atoms with Gasteiger partial charge in [0.1, 0.15) is 5.82 Å². The second-order valence-corrected chi connectivity index (χ2v) is 5.95. The summed E-state index contributed by atoms with van der Waals surface area (Å²) < 4.78 is 14.8. The molecule has 3 aromatic rings. The molecule has 0 bridgehead atoms. The van der Waals surface area contributed by atoms with Crippen LogP contribution in [0.3, 0.4) is 0 Å². The second kappa shape index (κ2) is 4.78. The molecule has 21 heavy (non-hydrogen) atoms. The summed E-state index contributed by atoms with van der Waals surface area (Å²) in [5.41, 5.74) is 5.19. The van der Waals surface area contributed by atoms with Crippen molar-refractivity contribution in [1.82, 2.24) is 4.98 Å². The van der Waals surface area contributed by atoms with Crippen LogP contribution in [0.15, 0.2) is 59.1 Å². The van der Waals surface area contributed by atoms with Crippen molar-refractivity contribution in [2.45, 2.75) is 6.42 Å². The van der Waals surface area contributed by atoms with E-state index in [1.807, 2.05) is 24.3 Å². The van der Waals surface area contributed by atoms with Crippen LogP contribution in [0, 0.1) is 5.82 Å². The number of hydrogen-bond donors (Lipinski definition) is 0. The molecule has 4 rings (SSSR count). The minimum Gasteiger partial charge on any atom is -0.248 e. The van der Waals surface area contributed by atoms with Crippen LogP contribution in [0.25, 0.3) is 16.5 Å². The molecule has 3 heteroatoms. The Bertz CT molecular complexity index is 899. The first-order valence-corrected chi connectivity index (χ1v) is 7.57. The van der Waals surface area contributed by atoms with E-state index in [1.165, 1.54) is 17.2 Å². The average molecular weight is 340 g/mol. The molecule has 0 unspecified atom stereocenters. The Morgan fingerprint density at radius 1 is 1.00 bits per heavy atom. The molecule has 1 aliphatic rings. The third-order valence-corrected chi connectivity index (χ3v) is 4.62. The Morgan fingerprint density at radius 2 is 1.86 bits per heavy atom. The van der Waals surface area contributed by atoms with Gasteiger partial charge in [-0.3, -0.25) is 0 Å². The maximum Gasteiger partial charge on any atom is 0.132 e. The number of benzene rings is 2. The molecular weight excluding hydrogens is 329 g/mol. The summed E-state index contributed by atoms with van der Waals surface area (Å²) in [6.07, 6.45) is 3.08. The van der Waals surface area contributed by atoms with Crippen molar-refractivity contribution < 1.29 is 4.39 Å². The van der Waals surface area contributed by atoms with Gasteiger partial charge in [-0.2, -0.15) is 0 Å². The van der Waals surface area contributed by atoms with Gasteiger partial charge < -0.3 is 0 Å². The van der Waals surface area contributed by atoms with E-state index in [9.17, 15) is 4.39 Å². The normalized spacial score (nSPS) is 13.3. The number of nitrogens with zero attached hydrogens (tertiary/aromatic N) is 1. The Labute approximate surface area is 130 Å². The van der Waals surface area contributed by atoms with Gasteiger partial charge in [0.15, 0.2) is 0 Å². The van der Waals surface area contributed by atoms with Crippen molar-refractivity contribution >= 4 is 32.4 Å². The number of hydrogen-bond acceptors (Lipinski definition) is 1. The maximum absolute atomic E-state index is 13.7. The second-order valence-electron chi connectivity index (χ2n) is 5.09. The maximum atomic E-state index is 13.7. The highest BCUT2D eigenvalue weighted by atomic mass is 79.9. The minimum absolute atomic E-state index is 0.227. The van der Waals surface area contributed by atoms with Gasteiger partial charge in [0.2, 0.25) is 0 Å². The van der Waals surface area contributed by atoms with Crippen LogP contribution in [0.1, 0.15) is 16.8 Å². The van der Waals surface area contributed by atoms with E-state index in [1.54, 1.807) is 6.07 Å². The van der Waals surface area contributed by atoms with Crippen molar-refractivity contribution in [3.8, 4) is 0 Å². The Hall–Kier alpha value is -2.00. The monoisotopic (exact) mass is 339 g/mol. The lowest BCUT2D eigenvalue weighted by Gasteiger charge is -2.08. The van der Waals surface area contributed by atoms with E-state index >= 15 is 0 Å². The van der Waals surface area contributed by atoms with Crippen LogP contribution in [0.5, 0.6) is 0 Å². The number of allylic oxidation sites excluding steroid dienone is 1. The van der Waals surface area contributed by atoms with Crippen LogP contribution >= 0.6 is 15.9 Å². The first-order valence-electron chi connectivity index (χ1n) is 6.77. The fourth-order valence-corrected chi connectivity index (χ4v) is 3.37. The quantitative estimate of drug-likeness (QED) is 0.599. The van der Waals surface area contributed by atoms with E-state index in [0.717, 1.165) is 22.2 Å². The standard InChI is InChI=1S/C18H11BrFN/c19-15-4-1-3-11-12(15)7-8-13(11)18-10-9-14-16(20)5-2-6-17(14)21-18/h1-6,8-10H,7H2. The summed E-state index contributed by atoms with van der Waals surface area (Å²) in [5.74, 6) is -0.227. The first kappa shape index (κ1) is 12.7. The summed E-state index contributed by atoms with van der Waals surface area (Å²) in [6.45, 7) is 0. The number of fused-ring (bicyclic) bond motifs is 2. The van der Waals surface area contributed by atoms with Crippen molar-refractivity contribution in [3.05, 3.63) is 81.7 Å². The molecule has 0 N–H and O–H groups in total. The lowest BCUT2D eigenvalue weighted by Crippen LogP contribution is -1.93. The molecule has 0 spiro atoms. The van der Waals surface area contributed by atoms with Crippen LogP contribution in [-0.4, -0.2) is 4.98 Å². The third kappa shape index (κ3) is 2.00. The summed E-state index contributed by atoms with van der Waals surface area (Å²) in [5, 5.41) is 0.564. The minimum atomic E-state index is -0.227. The summed E-state index contributed by atoms with van der Waals surface area (Å²) in [4.78, 5) is 4.62. The van der Waals surface area contributed by atoms with E-state index in [0.29, 0.717) is 10.9 Å². The fraction of sp³-hybridized carbons (Fsp3) is 0.0556. The summed E-state index contributed by atoms with van der Waals surface area (Å²) >= 11 is 3.59. The van der Waals surface area contributed by atoms with Gasteiger partial charge in [-0.25, -0.2) is 9.37 Å². The van der Waals surface area contributed by atoms with Crippen molar-refractivity contribution in [2.24, 2.45) is 0 Å². The molecule has 102 valence electrons. The highest BCUT2D eigenvalue weighted by Crippen LogP contribution is 2.36. The number of aromatic nitrogens is 1. The molecule has 1 nitrogen and oxygen atoms in total. The molecule has 0 amide bonds. The smallest absolute Gasteiger partial charge is 0.132 e. The van der Waals surface area contributed by atoms with Crippen LogP contribution < -0.4 is 0 Å². The Balaban J connectivity index is 1.88. The summed E-state index contributed by atoms with van der Waals surface area (Å²) in [6, 6.07) is 14.9. The van der Waals surface area contributed by atoms with E-state index in [2.05, 4.69) is 39.1 Å². The van der Waals surface area contributed by atoms with E-state index in [-0.39, 0.29) is 5.82 Å². The van der Waals surface area contributed by atoms with Gasteiger partial charge in [0, 0.05) is 15.4 Å². The van der Waals surface area contributed by atoms with Gasteiger partial charge >= 0.3 is 0 Å². The van der Waals surface area contributed by atoms with Crippen LogP contribution in [0.2, 0.25) is 0 Å². The zero-order chi connectivity index (χ0) is 14.4. The van der Waals surface area contributed by atoms with Crippen molar-refractivity contribution in [1.29, 1.82) is 0 Å². The van der Waals surface area contributed by atoms with Gasteiger partial charge in [-0.1, -0.05) is 40.2 Å².